The van der Waals surface area contributed by atoms with E-state index in [4.69, 9.17) is 10.00 Å². The molecule has 3 aromatic rings. The molecule has 1 aromatic carbocycles. The number of alkyl halides is 1. The predicted octanol–water partition coefficient (Wildman–Crippen LogP) is 1.46. The second-order valence-corrected chi connectivity index (χ2v) is 7.69. The van der Waals surface area contributed by atoms with Crippen LogP contribution in [0.1, 0.15) is 10.5 Å². The lowest BCUT2D eigenvalue weighted by molar-refractivity contribution is 0.0442. The number of carbonyl (C=O) groups excluding carboxylic acids is 2. The van der Waals surface area contributed by atoms with Crippen LogP contribution in [-0.2, 0) is 7.05 Å². The molecule has 0 aliphatic carbocycles. The van der Waals surface area contributed by atoms with E-state index in [9.17, 15) is 14.0 Å². The van der Waals surface area contributed by atoms with Crippen LogP contribution in [0.15, 0.2) is 30.6 Å². The van der Waals surface area contributed by atoms with Gasteiger partial charge in [0.05, 0.1) is 37.1 Å². The maximum absolute atomic E-state index is 13.8. The van der Waals surface area contributed by atoms with Crippen molar-refractivity contribution in [2.45, 2.75) is 5.67 Å². The number of nitrogens with zero attached hydrogens (tertiary/aromatic N) is 7. The Kier molecular flexibility index (Phi) is 6.15. The van der Waals surface area contributed by atoms with Crippen LogP contribution in [0.25, 0.3) is 11.4 Å². The number of halogens is 1. The fraction of sp³-hybridized carbons (Fsp3) is 0.286. The van der Waals surface area contributed by atoms with Crippen molar-refractivity contribution in [3.8, 4) is 23.2 Å². The maximum atomic E-state index is 13.8. The first-order valence-corrected chi connectivity index (χ1v) is 10.3. The number of benzene rings is 1. The second-order valence-electron chi connectivity index (χ2n) is 7.69. The number of likely N-dealkylation sites (tertiary alicyclic amines) is 1. The SMILES string of the molecule is CNC(=O)c1nnc(NC(=O)N2CC(F)(C#N)C2)cc1Nc1cccc(-c2ncn(C)n2)c1OC. The van der Waals surface area contributed by atoms with Gasteiger partial charge in [-0.15, -0.1) is 10.2 Å². The summed E-state index contributed by atoms with van der Waals surface area (Å²) in [6.45, 7) is -0.703. The number of aryl methyl sites for hydroxylation is 1. The molecule has 1 fully saturated rings. The van der Waals surface area contributed by atoms with E-state index in [1.54, 1.807) is 36.3 Å². The Morgan fingerprint density at radius 1 is 1.26 bits per heavy atom. The van der Waals surface area contributed by atoms with Gasteiger partial charge in [0.2, 0.25) is 5.67 Å². The molecule has 3 heterocycles. The number of amides is 3. The van der Waals surface area contributed by atoms with Crippen molar-refractivity contribution in [2.75, 3.05) is 37.9 Å². The van der Waals surface area contributed by atoms with Gasteiger partial charge in [0, 0.05) is 20.2 Å². The third kappa shape index (κ3) is 4.64. The van der Waals surface area contributed by atoms with Crippen molar-refractivity contribution < 1.29 is 18.7 Å². The van der Waals surface area contributed by atoms with Crippen LogP contribution in [0.2, 0.25) is 0 Å². The third-order valence-electron chi connectivity index (χ3n) is 5.17. The molecule has 3 N–H and O–H groups in total. The highest BCUT2D eigenvalue weighted by Crippen LogP contribution is 2.37. The molecule has 13 nitrogen and oxygen atoms in total. The first kappa shape index (κ1) is 23.4. The van der Waals surface area contributed by atoms with Crippen LogP contribution < -0.4 is 20.7 Å². The van der Waals surface area contributed by atoms with E-state index in [-0.39, 0.29) is 30.3 Å². The number of carbonyl (C=O) groups is 2. The minimum atomic E-state index is -2.05. The van der Waals surface area contributed by atoms with E-state index in [1.807, 2.05) is 0 Å². The number of anilines is 3. The molecule has 0 spiro atoms. The zero-order valence-electron chi connectivity index (χ0n) is 19.0. The Bertz CT molecular complexity index is 1330. The summed E-state index contributed by atoms with van der Waals surface area (Å²) in [7, 11) is 4.68. The highest BCUT2D eigenvalue weighted by molar-refractivity contribution is 5.99. The summed E-state index contributed by atoms with van der Waals surface area (Å²) in [5.41, 5.74) is -0.778. The molecular weight excluding hydrogens is 459 g/mol. The van der Waals surface area contributed by atoms with Gasteiger partial charge in [-0.25, -0.2) is 14.2 Å². The van der Waals surface area contributed by atoms with E-state index in [0.29, 0.717) is 22.8 Å². The molecule has 0 radical (unpaired) electrons. The van der Waals surface area contributed by atoms with Gasteiger partial charge >= 0.3 is 6.03 Å². The van der Waals surface area contributed by atoms with Crippen LogP contribution in [0.4, 0.5) is 26.4 Å². The first-order chi connectivity index (χ1) is 16.8. The van der Waals surface area contributed by atoms with Crippen LogP contribution >= 0.6 is 0 Å². The highest BCUT2D eigenvalue weighted by atomic mass is 19.1. The Labute approximate surface area is 198 Å². The molecule has 3 amide bonds. The molecule has 1 aliphatic rings. The van der Waals surface area contributed by atoms with E-state index in [1.165, 1.54) is 26.3 Å². The monoisotopic (exact) mass is 480 g/mol. The summed E-state index contributed by atoms with van der Waals surface area (Å²) in [6, 6.07) is 7.55. The number of nitriles is 1. The fourth-order valence-electron chi connectivity index (χ4n) is 3.44. The van der Waals surface area contributed by atoms with Crippen LogP contribution in [0.5, 0.6) is 5.75 Å². The molecule has 0 bridgehead atoms. The van der Waals surface area contributed by atoms with Crippen molar-refractivity contribution in [1.82, 2.24) is 35.2 Å². The number of para-hydroxylation sites is 1. The van der Waals surface area contributed by atoms with Gasteiger partial charge in [-0.1, -0.05) is 6.07 Å². The van der Waals surface area contributed by atoms with E-state index in [2.05, 4.69) is 36.2 Å². The largest absolute Gasteiger partial charge is 0.494 e. The summed E-state index contributed by atoms with van der Waals surface area (Å²) >= 11 is 0. The van der Waals surface area contributed by atoms with Crippen molar-refractivity contribution in [3.05, 3.63) is 36.3 Å². The van der Waals surface area contributed by atoms with E-state index >= 15 is 0 Å². The molecule has 0 saturated carbocycles. The number of aromatic nitrogens is 5. The number of nitrogens with one attached hydrogen (secondary N) is 3. The molecule has 2 aromatic heterocycles. The Balaban J connectivity index is 1.64. The normalized spacial score (nSPS) is 13.9. The smallest absolute Gasteiger partial charge is 0.323 e. The second kappa shape index (κ2) is 9.21. The zero-order valence-corrected chi connectivity index (χ0v) is 19.0. The standard InChI is InChI=1S/C21H21FN10O3/c1-24-19(33)16-14(7-15(28-29-16)27-20(34)32-9-21(22,8-23)10-32)26-13-6-4-5-12(17(13)35-3)18-25-11-31(2)30-18/h4-7,11H,9-10H2,1-3H3,(H,24,33)(H2,26,27,28,34). The van der Waals surface area contributed by atoms with Gasteiger partial charge in [0.25, 0.3) is 5.91 Å². The van der Waals surface area contributed by atoms with Crippen molar-refractivity contribution in [1.29, 1.82) is 5.26 Å². The number of hydrogen-bond donors (Lipinski definition) is 3. The minimum absolute atomic E-state index is 0.0139. The Hall–Kier alpha value is -4.80. The summed E-state index contributed by atoms with van der Waals surface area (Å²) in [5.74, 6) is 0.356. The number of ether oxygens (including phenoxy) is 1. The molecular formula is C21H21FN10O3. The van der Waals surface area contributed by atoms with Gasteiger partial charge in [0.15, 0.2) is 23.1 Å². The topological polar surface area (TPSA) is 163 Å². The highest BCUT2D eigenvalue weighted by Gasteiger charge is 2.46. The first-order valence-electron chi connectivity index (χ1n) is 10.3. The molecule has 35 heavy (non-hydrogen) atoms. The molecule has 0 unspecified atom stereocenters. The summed E-state index contributed by atoms with van der Waals surface area (Å²) in [4.78, 5) is 30.2. The van der Waals surface area contributed by atoms with Gasteiger partial charge in [0.1, 0.15) is 12.4 Å². The molecule has 0 atom stereocenters. The number of urea groups is 1. The zero-order chi connectivity index (χ0) is 25.2. The van der Waals surface area contributed by atoms with Crippen molar-refractivity contribution in [2.24, 2.45) is 7.05 Å². The Morgan fingerprint density at radius 2 is 2.03 bits per heavy atom. The lowest BCUT2D eigenvalue weighted by atomic mass is 9.99. The van der Waals surface area contributed by atoms with Crippen LogP contribution in [-0.4, -0.2) is 74.7 Å². The molecule has 1 aliphatic heterocycles. The average molecular weight is 480 g/mol. The van der Waals surface area contributed by atoms with Gasteiger partial charge in [-0.3, -0.25) is 14.8 Å². The van der Waals surface area contributed by atoms with E-state index in [0.717, 1.165) is 4.90 Å². The predicted molar refractivity (Wildman–Crippen MR) is 122 cm³/mol. The van der Waals surface area contributed by atoms with Gasteiger partial charge in [-0.05, 0) is 12.1 Å². The van der Waals surface area contributed by atoms with Gasteiger partial charge < -0.3 is 20.3 Å². The molecule has 4 rings (SSSR count). The molecule has 180 valence electrons. The lowest BCUT2D eigenvalue weighted by Gasteiger charge is -2.39. The number of hydrogen-bond acceptors (Lipinski definition) is 9. The summed E-state index contributed by atoms with van der Waals surface area (Å²) in [5, 5.41) is 29.0. The van der Waals surface area contributed by atoms with Crippen LogP contribution in [0, 0.1) is 11.3 Å². The number of rotatable bonds is 6. The average Bonchev–Trinajstić information content (AvgIpc) is 3.27. The minimum Gasteiger partial charge on any atom is -0.494 e. The fourth-order valence-corrected chi connectivity index (χ4v) is 3.44. The maximum Gasteiger partial charge on any atom is 0.323 e. The lowest BCUT2D eigenvalue weighted by Crippen LogP contribution is -2.61. The number of methoxy groups -OCH3 is 1. The third-order valence-corrected chi connectivity index (χ3v) is 5.17. The Morgan fingerprint density at radius 3 is 2.66 bits per heavy atom. The van der Waals surface area contributed by atoms with E-state index < -0.39 is 17.6 Å². The molecule has 1 saturated heterocycles. The van der Waals surface area contributed by atoms with Crippen LogP contribution in [0.3, 0.4) is 0 Å². The quantitative estimate of drug-likeness (QED) is 0.474. The van der Waals surface area contributed by atoms with Crippen molar-refractivity contribution in [3.63, 3.8) is 0 Å². The summed E-state index contributed by atoms with van der Waals surface area (Å²) in [6.07, 6.45) is 1.56. The summed E-state index contributed by atoms with van der Waals surface area (Å²) < 4.78 is 21.0. The van der Waals surface area contributed by atoms with Crippen molar-refractivity contribution >= 4 is 29.1 Å². The van der Waals surface area contributed by atoms with Gasteiger partial charge in [-0.2, -0.15) is 10.4 Å². The molecule has 14 heteroatoms.